The van der Waals surface area contributed by atoms with Crippen molar-refractivity contribution in [1.29, 1.82) is 0 Å². The van der Waals surface area contributed by atoms with Gasteiger partial charge >= 0.3 is 0 Å². The minimum atomic E-state index is -0.183. The quantitative estimate of drug-likeness (QED) is 0.668. The van der Waals surface area contributed by atoms with E-state index in [1.165, 1.54) is 19.3 Å². The number of hydrogen-bond acceptors (Lipinski definition) is 2. The lowest BCUT2D eigenvalue weighted by Gasteiger charge is -2.46. The molecule has 0 saturated heterocycles. The van der Waals surface area contributed by atoms with Crippen molar-refractivity contribution in [1.82, 2.24) is 0 Å². The van der Waals surface area contributed by atoms with Crippen LogP contribution in [0.15, 0.2) is 24.3 Å². The second-order valence-corrected chi connectivity index (χ2v) is 8.69. The predicted octanol–water partition coefficient (Wildman–Crippen LogP) is 5.67. The standard InChI is InChI=1S/C22H32O2.H2/c1-15-12-20(23)14-22(3,16(15)2)19-11-7-10-18(13-19)21(24)17-8-5-4-6-9-17;/h17-19H,1-2,4-14H2,3H3;1H/t18?,19?,22-;/m1./s1. The highest BCUT2D eigenvalue weighted by Crippen LogP contribution is 2.52. The average molecular weight is 331 g/mol. The van der Waals surface area contributed by atoms with Gasteiger partial charge in [-0.1, -0.05) is 45.8 Å². The minimum Gasteiger partial charge on any atom is -0.299 e. The Morgan fingerprint density at radius 1 is 1.04 bits per heavy atom. The molecule has 0 aromatic heterocycles. The molecule has 2 nitrogen and oxygen atoms in total. The van der Waals surface area contributed by atoms with Crippen LogP contribution < -0.4 is 0 Å². The SMILES string of the molecule is C=C1CC(=O)C[C@@](C)(C2CCCC(C(=O)C3CCCCC3)C2)C1=C.[HH]. The lowest BCUT2D eigenvalue weighted by atomic mass is 9.57. The number of allylic oxidation sites excluding steroid dienone is 2. The van der Waals surface area contributed by atoms with Gasteiger partial charge < -0.3 is 0 Å². The molecule has 24 heavy (non-hydrogen) atoms. The Balaban J connectivity index is 0.00000225. The van der Waals surface area contributed by atoms with Gasteiger partial charge in [0.1, 0.15) is 11.6 Å². The fourth-order valence-corrected chi connectivity index (χ4v) is 5.47. The number of hydrogen-bond donors (Lipinski definition) is 0. The zero-order valence-electron chi connectivity index (χ0n) is 15.2. The van der Waals surface area contributed by atoms with Gasteiger partial charge in [-0.2, -0.15) is 0 Å². The molecule has 0 aromatic carbocycles. The predicted molar refractivity (Wildman–Crippen MR) is 99.8 cm³/mol. The van der Waals surface area contributed by atoms with E-state index in [-0.39, 0.29) is 18.5 Å². The van der Waals surface area contributed by atoms with Gasteiger partial charge in [0.15, 0.2) is 0 Å². The second kappa shape index (κ2) is 6.98. The summed E-state index contributed by atoms with van der Waals surface area (Å²) in [7, 11) is 0. The van der Waals surface area contributed by atoms with Crippen LogP contribution in [0.25, 0.3) is 0 Å². The van der Waals surface area contributed by atoms with Crippen LogP contribution in [0, 0.1) is 23.2 Å². The van der Waals surface area contributed by atoms with Crippen molar-refractivity contribution in [3.63, 3.8) is 0 Å². The van der Waals surface area contributed by atoms with E-state index in [0.29, 0.717) is 30.5 Å². The van der Waals surface area contributed by atoms with Crippen LogP contribution in [0.2, 0.25) is 0 Å². The highest BCUT2D eigenvalue weighted by atomic mass is 16.1. The highest BCUT2D eigenvalue weighted by molar-refractivity contribution is 5.86. The summed E-state index contributed by atoms with van der Waals surface area (Å²) in [6.07, 6.45) is 11.2. The van der Waals surface area contributed by atoms with Crippen molar-refractivity contribution in [3.05, 3.63) is 24.3 Å². The van der Waals surface area contributed by atoms with E-state index in [2.05, 4.69) is 20.1 Å². The summed E-state index contributed by atoms with van der Waals surface area (Å²) in [5.41, 5.74) is 1.80. The Labute approximate surface area is 148 Å². The van der Waals surface area contributed by atoms with Gasteiger partial charge in [-0.3, -0.25) is 9.59 Å². The average Bonchev–Trinajstić information content (AvgIpc) is 2.60. The Hall–Kier alpha value is -1.18. The van der Waals surface area contributed by atoms with Crippen molar-refractivity contribution in [2.75, 3.05) is 0 Å². The van der Waals surface area contributed by atoms with E-state index in [4.69, 9.17) is 0 Å². The Morgan fingerprint density at radius 2 is 1.71 bits per heavy atom. The summed E-state index contributed by atoms with van der Waals surface area (Å²) < 4.78 is 0. The molecule has 0 spiro atoms. The lowest BCUT2D eigenvalue weighted by Crippen LogP contribution is -2.40. The molecule has 0 heterocycles. The van der Waals surface area contributed by atoms with E-state index in [9.17, 15) is 9.59 Å². The fourth-order valence-electron chi connectivity index (χ4n) is 5.47. The molecular weight excluding hydrogens is 296 g/mol. The van der Waals surface area contributed by atoms with E-state index < -0.39 is 0 Å². The maximum atomic E-state index is 13.0. The molecule has 0 bridgehead atoms. The summed E-state index contributed by atoms with van der Waals surface area (Å²) in [5.74, 6) is 1.73. The van der Waals surface area contributed by atoms with E-state index in [0.717, 1.165) is 49.7 Å². The molecule has 3 rings (SSSR count). The summed E-state index contributed by atoms with van der Waals surface area (Å²) in [4.78, 5) is 25.2. The summed E-state index contributed by atoms with van der Waals surface area (Å²) >= 11 is 0. The molecule has 0 N–H and O–H groups in total. The van der Waals surface area contributed by atoms with Crippen molar-refractivity contribution < 1.29 is 11.0 Å². The van der Waals surface area contributed by atoms with Crippen LogP contribution in [0.1, 0.15) is 79.0 Å². The topological polar surface area (TPSA) is 34.1 Å². The summed E-state index contributed by atoms with van der Waals surface area (Å²) in [6, 6.07) is 0. The minimum absolute atomic E-state index is 0. The first-order valence-corrected chi connectivity index (χ1v) is 9.85. The smallest absolute Gasteiger partial charge is 0.139 e. The zero-order chi connectivity index (χ0) is 17.3. The molecule has 3 saturated carbocycles. The molecule has 3 aliphatic carbocycles. The first-order chi connectivity index (χ1) is 11.4. The fraction of sp³-hybridized carbons (Fsp3) is 0.727. The van der Waals surface area contributed by atoms with Gasteiger partial charge in [-0.05, 0) is 49.2 Å². The third kappa shape index (κ3) is 3.30. The van der Waals surface area contributed by atoms with Crippen molar-refractivity contribution in [2.45, 2.75) is 77.6 Å². The molecule has 0 radical (unpaired) electrons. The molecule has 134 valence electrons. The van der Waals surface area contributed by atoms with Gasteiger partial charge in [0.05, 0.1) is 0 Å². The molecule has 3 fully saturated rings. The van der Waals surface area contributed by atoms with Crippen LogP contribution in [-0.4, -0.2) is 11.6 Å². The number of carbonyl (C=O) groups is 2. The Morgan fingerprint density at radius 3 is 2.42 bits per heavy atom. The van der Waals surface area contributed by atoms with Crippen LogP contribution in [-0.2, 0) is 9.59 Å². The van der Waals surface area contributed by atoms with E-state index >= 15 is 0 Å². The van der Waals surface area contributed by atoms with Crippen molar-refractivity contribution >= 4 is 11.6 Å². The monoisotopic (exact) mass is 330 g/mol. The van der Waals surface area contributed by atoms with E-state index in [1.807, 2.05) is 0 Å². The highest BCUT2D eigenvalue weighted by Gasteiger charge is 2.45. The van der Waals surface area contributed by atoms with Gasteiger partial charge in [0.2, 0.25) is 0 Å². The molecule has 0 amide bonds. The molecule has 0 aromatic rings. The second-order valence-electron chi connectivity index (χ2n) is 8.69. The molecule has 2 heteroatoms. The molecule has 3 atom stereocenters. The third-order valence-corrected chi connectivity index (χ3v) is 7.08. The van der Waals surface area contributed by atoms with Crippen LogP contribution >= 0.6 is 0 Å². The zero-order valence-corrected chi connectivity index (χ0v) is 15.2. The number of ketones is 2. The summed E-state index contributed by atoms with van der Waals surface area (Å²) in [6.45, 7) is 10.5. The number of carbonyl (C=O) groups excluding carboxylic acids is 2. The Bertz CT molecular complexity index is 558. The maximum Gasteiger partial charge on any atom is 0.139 e. The summed E-state index contributed by atoms with van der Waals surface area (Å²) in [5, 5.41) is 0. The largest absolute Gasteiger partial charge is 0.299 e. The molecule has 3 aliphatic rings. The Kier molecular flexibility index (Phi) is 5.13. The van der Waals surface area contributed by atoms with Crippen molar-refractivity contribution in [2.24, 2.45) is 23.2 Å². The molecule has 2 unspecified atom stereocenters. The van der Waals surface area contributed by atoms with Crippen LogP contribution in [0.4, 0.5) is 0 Å². The van der Waals surface area contributed by atoms with Crippen LogP contribution in [0.3, 0.4) is 0 Å². The molecular formula is C22H34O2. The van der Waals surface area contributed by atoms with Gasteiger partial charge in [-0.15, -0.1) is 0 Å². The maximum absolute atomic E-state index is 13.0. The molecule has 0 aliphatic heterocycles. The first kappa shape index (κ1) is 17.6. The number of rotatable bonds is 3. The van der Waals surface area contributed by atoms with Crippen molar-refractivity contribution in [3.8, 4) is 0 Å². The van der Waals surface area contributed by atoms with Crippen LogP contribution in [0.5, 0.6) is 0 Å². The number of Topliss-reactive ketones (excluding diaryl/α,β-unsaturated/α-hetero) is 2. The van der Waals surface area contributed by atoms with Gasteiger partial charge in [0, 0.05) is 31.5 Å². The van der Waals surface area contributed by atoms with Gasteiger partial charge in [0.25, 0.3) is 0 Å². The van der Waals surface area contributed by atoms with Gasteiger partial charge in [-0.25, -0.2) is 0 Å². The first-order valence-electron chi connectivity index (χ1n) is 9.85. The lowest BCUT2D eigenvalue weighted by molar-refractivity contribution is -0.130. The normalized spacial score (nSPS) is 36.0. The van der Waals surface area contributed by atoms with E-state index in [1.54, 1.807) is 0 Å². The third-order valence-electron chi connectivity index (χ3n) is 7.08.